The molecule has 0 spiro atoms. The van der Waals surface area contributed by atoms with E-state index in [2.05, 4.69) is 0 Å². The summed E-state index contributed by atoms with van der Waals surface area (Å²) in [5, 5.41) is 16.7. The van der Waals surface area contributed by atoms with Gasteiger partial charge in [0.1, 0.15) is 0 Å². The molecule has 0 amide bonds. The maximum atomic E-state index is 8.77. The zero-order valence-corrected chi connectivity index (χ0v) is 17.2. The van der Waals surface area contributed by atoms with Gasteiger partial charge in [0.15, 0.2) is 0 Å². The minimum Gasteiger partial charge on any atom is -0.870 e. The average Bonchev–Trinajstić information content (AvgIpc) is 1.19. The largest absolute Gasteiger partial charge is 1.00 e. The maximum absolute atomic E-state index is 8.77. The minimum absolute atomic E-state index is 0. The van der Waals surface area contributed by atoms with E-state index >= 15 is 0 Å². The summed E-state index contributed by atoms with van der Waals surface area (Å²) >= 11 is 0. The normalized spacial score (nSPS) is 5.93. The number of carbonyl (C=O) groups is 1. The predicted octanol–water partition coefficient (Wildman–Crippen LogP) is -16.2. The van der Waals surface area contributed by atoms with E-state index < -0.39 is 14.0 Å². The number of phosphoric acid groups is 1. The van der Waals surface area contributed by atoms with E-state index in [9.17, 15) is 0 Å². The Hall–Kier alpha value is 3.34. The van der Waals surface area contributed by atoms with Crippen molar-refractivity contribution in [3.05, 3.63) is 0 Å². The first kappa shape index (κ1) is 43.3. The van der Waals surface area contributed by atoms with E-state index in [0.29, 0.717) is 0 Å². The van der Waals surface area contributed by atoms with Crippen LogP contribution in [-0.4, -0.2) is 21.4 Å². The van der Waals surface area contributed by atoms with Gasteiger partial charge >= 0.3 is 118 Å². The van der Waals surface area contributed by atoms with Crippen molar-refractivity contribution in [3.8, 4) is 0 Å². The van der Waals surface area contributed by atoms with E-state index in [1.807, 2.05) is 0 Å². The monoisotopic (exact) mass is 266 g/mol. The fourth-order valence-corrected chi connectivity index (χ4v) is 0. The molecule has 0 aromatic rings. The Morgan fingerprint density at radius 1 is 1.00 bits per heavy atom. The van der Waals surface area contributed by atoms with Crippen LogP contribution in [0.1, 0.15) is 0 Å². The van der Waals surface area contributed by atoms with Gasteiger partial charge in [-0.25, -0.2) is 0 Å². The average molecular weight is 266 g/mol. The third-order valence-corrected chi connectivity index (χ3v) is 0. The van der Waals surface area contributed by atoms with Crippen LogP contribution in [0, 0.1) is 0 Å². The van der Waals surface area contributed by atoms with Crippen LogP contribution in [0.2, 0.25) is 0 Å². The second-order valence-corrected chi connectivity index (χ2v) is 1.72. The van der Waals surface area contributed by atoms with Crippen molar-refractivity contribution in [1.82, 2.24) is 0 Å². The molecule has 14 heavy (non-hydrogen) atoms. The van der Waals surface area contributed by atoms with Crippen molar-refractivity contribution in [1.29, 1.82) is 0 Å². The molecule has 64 valence electrons. The van der Waals surface area contributed by atoms with Gasteiger partial charge in [0.2, 0.25) is 0 Å². The summed E-state index contributed by atoms with van der Waals surface area (Å²) in [4.78, 5) is 31.3. The molecule has 3 N–H and O–H groups in total. The first-order valence-corrected chi connectivity index (χ1v) is 2.91. The van der Waals surface area contributed by atoms with E-state index in [4.69, 9.17) is 34.3 Å². The molecule has 8 nitrogen and oxygen atoms in total. The van der Waals surface area contributed by atoms with Gasteiger partial charge in [-0.05, 0) is 6.16 Å². The predicted molar refractivity (Wildman–Crippen MR) is 19.4 cm³/mol. The number of carboxylic acid groups (broad SMARTS) is 2. The van der Waals surface area contributed by atoms with Gasteiger partial charge in [-0.1, -0.05) is 0 Å². The van der Waals surface area contributed by atoms with Crippen LogP contribution in [0.15, 0.2) is 0 Å². The quantitative estimate of drug-likeness (QED) is 0.321. The van der Waals surface area contributed by atoms with E-state index in [0.717, 1.165) is 0 Å². The Kier molecular flexibility index (Phi) is 78.1. The summed E-state index contributed by atoms with van der Waals surface area (Å²) < 4.78 is 8.77. The maximum Gasteiger partial charge on any atom is 1.00 e. The van der Waals surface area contributed by atoms with Crippen molar-refractivity contribution in [3.63, 3.8) is 0 Å². The molecule has 0 bridgehead atoms. The van der Waals surface area contributed by atoms with Gasteiger partial charge < -0.3 is 35.2 Å². The molecule has 0 aliphatic heterocycles. The number of hydrogen-bond acceptors (Lipinski definition) is 6. The zero-order valence-electron chi connectivity index (χ0n) is 8.33. The summed E-state index contributed by atoms with van der Waals surface area (Å²) in [6.45, 7) is 0. The topological polar surface area (TPSA) is 174 Å². The van der Waals surface area contributed by atoms with Crippen molar-refractivity contribution in [2.75, 3.05) is 0 Å². The Balaban J connectivity index is -0.0000000104. The van der Waals surface area contributed by atoms with Crippen LogP contribution in [0.4, 0.5) is 4.79 Å². The van der Waals surface area contributed by atoms with Crippen LogP contribution in [0.25, 0.3) is 0 Å². The Labute approximate surface area is 169 Å². The van der Waals surface area contributed by atoms with Crippen molar-refractivity contribution < 1.29 is 158 Å². The molecule has 13 heteroatoms. The summed E-state index contributed by atoms with van der Waals surface area (Å²) in [6.07, 6.45) is -2.33. The van der Waals surface area contributed by atoms with Crippen molar-refractivity contribution in [2.24, 2.45) is 0 Å². The van der Waals surface area contributed by atoms with Gasteiger partial charge in [-0.15, -0.1) is 0 Å². The summed E-state index contributed by atoms with van der Waals surface area (Å²) in [6, 6.07) is 0. The van der Waals surface area contributed by atoms with Crippen LogP contribution < -0.4 is 133 Å². The van der Waals surface area contributed by atoms with Crippen LogP contribution >= 0.6 is 7.82 Å². The Morgan fingerprint density at radius 2 is 1.00 bits per heavy atom. The van der Waals surface area contributed by atoms with Gasteiger partial charge in [-0.3, -0.25) is 4.57 Å². The molecule has 0 aliphatic carbocycles. The first-order valence-electron chi connectivity index (χ1n) is 1.38. The molecule has 0 aromatic heterocycles. The van der Waals surface area contributed by atoms with Crippen molar-refractivity contribution >= 4 is 14.0 Å². The molecular weight excluding hydrogens is 263 g/mol. The smallest absolute Gasteiger partial charge is 0.870 e. The zero-order chi connectivity index (χ0) is 8.08. The van der Waals surface area contributed by atoms with E-state index in [-0.39, 0.29) is 124 Å². The van der Waals surface area contributed by atoms with Gasteiger partial charge in [-0.2, -0.15) is 0 Å². The first-order chi connectivity index (χ1) is 3.73. The molecule has 0 saturated heterocycles. The molecule has 0 unspecified atom stereocenters. The van der Waals surface area contributed by atoms with E-state index in [1.165, 1.54) is 0 Å². The second kappa shape index (κ2) is 25.3. The Bertz CT molecular complexity index is 121. The SMILES string of the molecule is O=C([O-])[O-].O=P([O-])(O)O.[Na+].[Na+].[Na+].[Na+].[OH-]. The van der Waals surface area contributed by atoms with E-state index in [1.54, 1.807) is 0 Å². The number of carbonyl (C=O) groups excluding carboxylic acids is 1. The van der Waals surface area contributed by atoms with Gasteiger partial charge in [0.25, 0.3) is 7.82 Å². The molecule has 0 heterocycles. The minimum atomic E-state index is -4.89. The van der Waals surface area contributed by atoms with Crippen LogP contribution in [0.5, 0.6) is 0 Å². The third-order valence-electron chi connectivity index (χ3n) is 0. The van der Waals surface area contributed by atoms with Crippen LogP contribution in [0.3, 0.4) is 0 Å². The molecule has 0 aromatic carbocycles. The summed E-state index contributed by atoms with van der Waals surface area (Å²) in [5.41, 5.74) is 0. The van der Waals surface area contributed by atoms with Crippen molar-refractivity contribution in [2.45, 2.75) is 0 Å². The fraction of sp³-hybridized carbons (Fsp3) is 0. The molecule has 0 fully saturated rings. The summed E-state index contributed by atoms with van der Waals surface area (Å²) in [5.74, 6) is 0. The second-order valence-electron chi connectivity index (χ2n) is 0.741. The Morgan fingerprint density at radius 3 is 1.00 bits per heavy atom. The van der Waals surface area contributed by atoms with Gasteiger partial charge in [0.05, 0.1) is 0 Å². The molecule has 0 radical (unpaired) electrons. The number of rotatable bonds is 0. The molecular formula is CH3Na4O8P. The van der Waals surface area contributed by atoms with Crippen LogP contribution in [-0.2, 0) is 4.57 Å². The fourth-order valence-electron chi connectivity index (χ4n) is 0. The summed E-state index contributed by atoms with van der Waals surface area (Å²) in [7, 11) is -4.89. The standard InChI is InChI=1S/CH2O3.4Na.H3O4P.H2O/c2-1(3)4;;;;;1-5(2,3)4;/h(H2,2,3,4);;;;;(H3,1,2,3,4);1H2/q;4*+1;;/p-4. The molecule has 0 rings (SSSR count). The number of hydrogen-bond donors (Lipinski definition) is 2. The molecule has 0 aliphatic rings. The third kappa shape index (κ3) is 283. The van der Waals surface area contributed by atoms with Gasteiger partial charge in [0, 0.05) is 0 Å². The molecule has 0 saturated carbocycles. The molecule has 0 atom stereocenters.